The molecule has 0 atom stereocenters. The van der Waals surface area contributed by atoms with Gasteiger partial charge in [-0.25, -0.2) is 9.50 Å². The Morgan fingerprint density at radius 3 is 2.70 bits per heavy atom. The molecule has 0 fully saturated rings. The maximum Gasteiger partial charge on any atom is 0.155 e. The Balaban J connectivity index is 2.01. The van der Waals surface area contributed by atoms with Crippen LogP contribution >= 0.6 is 0 Å². The second-order valence-electron chi connectivity index (χ2n) is 4.72. The van der Waals surface area contributed by atoms with Crippen molar-refractivity contribution in [3.05, 3.63) is 65.1 Å². The van der Waals surface area contributed by atoms with Crippen molar-refractivity contribution in [1.82, 2.24) is 14.6 Å². The minimum atomic E-state index is 0.636. The second kappa shape index (κ2) is 5.14. The smallest absolute Gasteiger partial charge is 0.155 e. The lowest BCUT2D eigenvalue weighted by atomic mass is 10.0. The highest BCUT2D eigenvalue weighted by molar-refractivity contribution is 5.47. The van der Waals surface area contributed by atoms with Gasteiger partial charge in [-0.15, -0.1) is 0 Å². The Morgan fingerprint density at radius 1 is 1.15 bits per heavy atom. The van der Waals surface area contributed by atoms with E-state index in [-0.39, 0.29) is 0 Å². The van der Waals surface area contributed by atoms with E-state index in [1.165, 1.54) is 5.56 Å². The van der Waals surface area contributed by atoms with Crippen molar-refractivity contribution in [2.75, 3.05) is 0 Å². The predicted molar refractivity (Wildman–Crippen MR) is 76.3 cm³/mol. The summed E-state index contributed by atoms with van der Waals surface area (Å²) in [7, 11) is 0. The number of fused-ring (bicyclic) bond motifs is 1. The van der Waals surface area contributed by atoms with Crippen LogP contribution in [0.5, 0.6) is 0 Å². The maximum absolute atomic E-state index is 9.36. The molecule has 0 radical (unpaired) electrons. The van der Waals surface area contributed by atoms with Crippen molar-refractivity contribution in [2.24, 2.45) is 0 Å². The Hall–Kier alpha value is -2.67. The molecule has 3 aromatic rings. The van der Waals surface area contributed by atoms with E-state index in [1.54, 1.807) is 10.7 Å². The lowest BCUT2D eigenvalue weighted by Gasteiger charge is -2.09. The van der Waals surface area contributed by atoms with Crippen LogP contribution in [0.3, 0.4) is 0 Å². The van der Waals surface area contributed by atoms with E-state index in [1.807, 2.05) is 31.2 Å². The van der Waals surface area contributed by atoms with Crippen molar-refractivity contribution in [3.8, 4) is 6.07 Å². The molecule has 2 heterocycles. The van der Waals surface area contributed by atoms with Gasteiger partial charge in [0.1, 0.15) is 6.07 Å². The van der Waals surface area contributed by atoms with Gasteiger partial charge < -0.3 is 0 Å². The van der Waals surface area contributed by atoms with E-state index < -0.39 is 0 Å². The maximum atomic E-state index is 9.36. The topological polar surface area (TPSA) is 54.0 Å². The van der Waals surface area contributed by atoms with Gasteiger partial charge in [-0.05, 0) is 25.3 Å². The molecule has 1 aromatic carbocycles. The van der Waals surface area contributed by atoms with Gasteiger partial charge in [-0.2, -0.15) is 10.4 Å². The third kappa shape index (κ3) is 2.14. The molecule has 20 heavy (non-hydrogen) atoms. The molecular formula is C16H14N4. The molecule has 0 aliphatic rings. The predicted octanol–water partition coefficient (Wildman–Crippen LogP) is 2.69. The largest absolute Gasteiger partial charge is 0.232 e. The van der Waals surface area contributed by atoms with E-state index in [4.69, 9.17) is 0 Å². The highest BCUT2D eigenvalue weighted by Gasteiger charge is 2.13. The van der Waals surface area contributed by atoms with Crippen LogP contribution in [0.4, 0.5) is 0 Å². The van der Waals surface area contributed by atoms with Gasteiger partial charge in [0.05, 0.1) is 23.1 Å². The van der Waals surface area contributed by atoms with Crippen LogP contribution in [0.1, 0.15) is 22.5 Å². The zero-order valence-corrected chi connectivity index (χ0v) is 11.2. The van der Waals surface area contributed by atoms with Gasteiger partial charge in [0.2, 0.25) is 0 Å². The molecule has 2 aromatic heterocycles. The van der Waals surface area contributed by atoms with Crippen molar-refractivity contribution in [3.63, 3.8) is 0 Å². The molecule has 0 N–H and O–H groups in total. The van der Waals surface area contributed by atoms with E-state index in [0.29, 0.717) is 5.56 Å². The zero-order chi connectivity index (χ0) is 13.9. The molecule has 4 nitrogen and oxygen atoms in total. The Kier molecular flexibility index (Phi) is 3.18. The van der Waals surface area contributed by atoms with E-state index >= 15 is 0 Å². The third-order valence-electron chi connectivity index (χ3n) is 3.42. The minimum Gasteiger partial charge on any atom is -0.232 e. The summed E-state index contributed by atoms with van der Waals surface area (Å²) in [4.78, 5) is 4.40. The lowest BCUT2D eigenvalue weighted by Crippen LogP contribution is -2.08. The molecule has 98 valence electrons. The molecule has 0 bridgehead atoms. The van der Waals surface area contributed by atoms with Crippen LogP contribution < -0.4 is 0 Å². The molecule has 0 saturated heterocycles. The van der Waals surface area contributed by atoms with E-state index in [2.05, 4.69) is 28.3 Å². The Labute approximate surface area is 117 Å². The summed E-state index contributed by atoms with van der Waals surface area (Å²) in [5, 5.41) is 13.6. The van der Waals surface area contributed by atoms with Crippen molar-refractivity contribution < 1.29 is 0 Å². The van der Waals surface area contributed by atoms with E-state index in [9.17, 15) is 5.26 Å². The molecule has 0 unspecified atom stereocenters. The summed E-state index contributed by atoms with van der Waals surface area (Å²) in [5.74, 6) is 0. The average molecular weight is 262 g/mol. The first-order valence-corrected chi connectivity index (χ1v) is 6.57. The number of nitriles is 1. The monoisotopic (exact) mass is 262 g/mol. The van der Waals surface area contributed by atoms with Crippen LogP contribution in [-0.4, -0.2) is 14.6 Å². The van der Waals surface area contributed by atoms with Crippen LogP contribution in [0, 0.1) is 18.3 Å². The minimum absolute atomic E-state index is 0.636. The number of hydrogen-bond acceptors (Lipinski definition) is 3. The van der Waals surface area contributed by atoms with Gasteiger partial charge in [-0.3, -0.25) is 0 Å². The van der Waals surface area contributed by atoms with Crippen molar-refractivity contribution >= 4 is 5.65 Å². The Morgan fingerprint density at radius 2 is 1.95 bits per heavy atom. The molecule has 4 heteroatoms. The molecule has 0 aliphatic heterocycles. The van der Waals surface area contributed by atoms with Gasteiger partial charge in [0.25, 0.3) is 0 Å². The van der Waals surface area contributed by atoms with Gasteiger partial charge in [0, 0.05) is 6.07 Å². The lowest BCUT2D eigenvalue weighted by molar-refractivity contribution is 0.799. The zero-order valence-electron chi connectivity index (χ0n) is 11.2. The van der Waals surface area contributed by atoms with Crippen LogP contribution in [0.25, 0.3) is 5.65 Å². The normalized spacial score (nSPS) is 10.6. The summed E-state index contributed by atoms with van der Waals surface area (Å²) >= 11 is 0. The standard InChI is InChI=1S/C16H14N4/c1-12-14(11-17)15(20-16(19-12)9-10-18-20)8-7-13-5-3-2-4-6-13/h2-6,9-10H,7-8H2,1H3. The van der Waals surface area contributed by atoms with Gasteiger partial charge in [0.15, 0.2) is 5.65 Å². The fraction of sp³-hybridized carbons (Fsp3) is 0.188. The SMILES string of the molecule is Cc1nc2ccnn2c(CCc2ccccc2)c1C#N. The number of aryl methyl sites for hydroxylation is 3. The van der Waals surface area contributed by atoms with Gasteiger partial charge in [-0.1, -0.05) is 30.3 Å². The molecule has 3 rings (SSSR count). The molecule has 0 aliphatic carbocycles. The van der Waals surface area contributed by atoms with Crippen molar-refractivity contribution in [1.29, 1.82) is 5.26 Å². The number of aromatic nitrogens is 3. The second-order valence-corrected chi connectivity index (χ2v) is 4.72. The first-order valence-electron chi connectivity index (χ1n) is 6.57. The highest BCUT2D eigenvalue weighted by atomic mass is 15.2. The van der Waals surface area contributed by atoms with Gasteiger partial charge >= 0.3 is 0 Å². The first-order chi connectivity index (χ1) is 9.79. The average Bonchev–Trinajstić information content (AvgIpc) is 2.93. The summed E-state index contributed by atoms with van der Waals surface area (Å²) in [6.07, 6.45) is 3.37. The summed E-state index contributed by atoms with van der Waals surface area (Å²) in [6, 6.07) is 14.4. The van der Waals surface area contributed by atoms with Crippen LogP contribution in [0.15, 0.2) is 42.6 Å². The first kappa shape index (κ1) is 12.4. The summed E-state index contributed by atoms with van der Waals surface area (Å²) in [5.41, 5.74) is 4.39. The quantitative estimate of drug-likeness (QED) is 0.729. The molecule has 0 spiro atoms. The van der Waals surface area contributed by atoms with E-state index in [0.717, 1.165) is 29.9 Å². The molecular weight excluding hydrogens is 248 g/mol. The highest BCUT2D eigenvalue weighted by Crippen LogP contribution is 2.16. The fourth-order valence-corrected chi connectivity index (χ4v) is 2.42. The van der Waals surface area contributed by atoms with Crippen molar-refractivity contribution in [2.45, 2.75) is 19.8 Å². The number of nitrogens with zero attached hydrogens (tertiary/aromatic N) is 4. The molecule has 0 saturated carbocycles. The summed E-state index contributed by atoms with van der Waals surface area (Å²) in [6.45, 7) is 1.87. The number of rotatable bonds is 3. The number of hydrogen-bond donors (Lipinski definition) is 0. The third-order valence-corrected chi connectivity index (χ3v) is 3.42. The Bertz CT molecular complexity index is 781. The summed E-state index contributed by atoms with van der Waals surface area (Å²) < 4.78 is 1.77. The fourth-order valence-electron chi connectivity index (χ4n) is 2.42. The van der Waals surface area contributed by atoms with Crippen LogP contribution in [-0.2, 0) is 12.8 Å². The number of benzene rings is 1. The van der Waals surface area contributed by atoms with Crippen LogP contribution in [0.2, 0.25) is 0 Å². The molecule has 0 amide bonds.